The maximum absolute atomic E-state index is 5.00. The van der Waals surface area contributed by atoms with Gasteiger partial charge in [-0.2, -0.15) is 5.10 Å². The van der Waals surface area contributed by atoms with Crippen molar-refractivity contribution in [1.29, 1.82) is 0 Å². The van der Waals surface area contributed by atoms with Crippen molar-refractivity contribution in [3.63, 3.8) is 0 Å². The minimum Gasteiger partial charge on any atom is -0.355 e. The highest BCUT2D eigenvalue weighted by Crippen LogP contribution is 2.32. The summed E-state index contributed by atoms with van der Waals surface area (Å²) in [5, 5.41) is 8.90. The molecule has 2 aliphatic heterocycles. The summed E-state index contributed by atoms with van der Waals surface area (Å²) < 4.78 is 0. The van der Waals surface area contributed by atoms with Gasteiger partial charge in [0.1, 0.15) is 11.2 Å². The zero-order valence-electron chi connectivity index (χ0n) is 21.1. The van der Waals surface area contributed by atoms with Gasteiger partial charge in [-0.15, -0.1) is 0 Å². The van der Waals surface area contributed by atoms with Crippen LogP contribution in [0.15, 0.2) is 48.9 Å². The topological polar surface area (TPSA) is 89.6 Å². The minimum atomic E-state index is 0.765. The minimum absolute atomic E-state index is 0.765. The van der Waals surface area contributed by atoms with Crippen molar-refractivity contribution in [3.05, 3.63) is 54.5 Å². The van der Waals surface area contributed by atoms with Crippen LogP contribution in [-0.4, -0.2) is 61.2 Å². The van der Waals surface area contributed by atoms with Gasteiger partial charge in [0.05, 0.1) is 11.0 Å². The fourth-order valence-electron chi connectivity index (χ4n) is 5.85. The number of H-pyrrole nitrogens is 2. The average molecular weight is 493 g/mol. The summed E-state index contributed by atoms with van der Waals surface area (Å²) in [6.45, 7) is 5.40. The second-order valence-corrected chi connectivity index (χ2v) is 10.4. The maximum Gasteiger partial charge on any atom is 0.159 e. The molecule has 0 radical (unpaired) electrons. The number of hydrogen-bond donors (Lipinski definition) is 2. The highest BCUT2D eigenvalue weighted by molar-refractivity contribution is 5.97. The molecule has 7 rings (SSSR count). The molecule has 2 aliphatic rings. The van der Waals surface area contributed by atoms with Crippen molar-refractivity contribution in [3.8, 4) is 22.6 Å². The molecule has 4 aromatic heterocycles. The Morgan fingerprint density at radius 2 is 1.65 bits per heavy atom. The quantitative estimate of drug-likeness (QED) is 0.335. The van der Waals surface area contributed by atoms with Gasteiger partial charge >= 0.3 is 0 Å². The molecule has 0 spiro atoms. The van der Waals surface area contributed by atoms with Crippen molar-refractivity contribution in [2.75, 3.05) is 31.1 Å². The Labute approximate surface area is 216 Å². The van der Waals surface area contributed by atoms with Gasteiger partial charge in [0, 0.05) is 49.2 Å². The SMILES string of the molecule is c1cc2[nH]c(-c3n[nH]c4ccc(-c5cncc(CN6CCCCC6)c5)cc34)nc2c(N2CCCCC2)n1. The fraction of sp³-hybridized carbons (Fsp3) is 0.379. The molecule has 188 valence electrons. The van der Waals surface area contributed by atoms with Crippen LogP contribution in [0.5, 0.6) is 0 Å². The second-order valence-electron chi connectivity index (χ2n) is 10.4. The summed E-state index contributed by atoms with van der Waals surface area (Å²) in [5.41, 5.74) is 7.26. The highest BCUT2D eigenvalue weighted by atomic mass is 15.2. The summed E-state index contributed by atoms with van der Waals surface area (Å²) in [6, 6.07) is 10.7. The Morgan fingerprint density at radius 3 is 2.51 bits per heavy atom. The molecule has 8 nitrogen and oxygen atoms in total. The van der Waals surface area contributed by atoms with E-state index in [-0.39, 0.29) is 0 Å². The summed E-state index contributed by atoms with van der Waals surface area (Å²) in [5.74, 6) is 1.73. The van der Waals surface area contributed by atoms with Gasteiger partial charge in [-0.1, -0.05) is 12.5 Å². The van der Waals surface area contributed by atoms with E-state index < -0.39 is 0 Å². The van der Waals surface area contributed by atoms with Gasteiger partial charge in [0.25, 0.3) is 0 Å². The number of pyridine rings is 2. The predicted octanol–water partition coefficient (Wildman–Crippen LogP) is 5.54. The molecular formula is C29H32N8. The number of aromatic nitrogens is 6. The van der Waals surface area contributed by atoms with Crippen LogP contribution in [0.2, 0.25) is 0 Å². The third-order valence-electron chi connectivity index (χ3n) is 7.81. The molecule has 6 heterocycles. The van der Waals surface area contributed by atoms with Gasteiger partial charge < -0.3 is 9.88 Å². The summed E-state index contributed by atoms with van der Waals surface area (Å²) in [7, 11) is 0. The number of likely N-dealkylation sites (tertiary alicyclic amines) is 1. The second kappa shape index (κ2) is 9.59. The number of benzene rings is 1. The highest BCUT2D eigenvalue weighted by Gasteiger charge is 2.20. The number of piperidine rings is 2. The molecular weight excluding hydrogens is 460 g/mol. The van der Waals surface area contributed by atoms with Crippen LogP contribution >= 0.6 is 0 Å². The number of nitrogens with one attached hydrogen (secondary N) is 2. The molecule has 0 unspecified atom stereocenters. The summed E-state index contributed by atoms with van der Waals surface area (Å²) in [6.07, 6.45) is 13.5. The van der Waals surface area contributed by atoms with Crippen LogP contribution in [-0.2, 0) is 6.54 Å². The van der Waals surface area contributed by atoms with E-state index in [2.05, 4.69) is 54.2 Å². The van der Waals surface area contributed by atoms with E-state index in [4.69, 9.17) is 9.97 Å². The number of rotatable bonds is 5. The molecule has 0 aliphatic carbocycles. The zero-order valence-corrected chi connectivity index (χ0v) is 21.1. The Kier molecular flexibility index (Phi) is 5.81. The first-order valence-electron chi connectivity index (χ1n) is 13.6. The number of aromatic amines is 2. The van der Waals surface area contributed by atoms with E-state index in [1.54, 1.807) is 0 Å². The largest absolute Gasteiger partial charge is 0.355 e. The Bertz CT molecular complexity index is 1540. The Hall–Kier alpha value is -3.78. The first-order valence-corrected chi connectivity index (χ1v) is 13.6. The van der Waals surface area contributed by atoms with Crippen molar-refractivity contribution in [1.82, 2.24) is 35.0 Å². The van der Waals surface area contributed by atoms with Crippen LogP contribution in [0.4, 0.5) is 5.82 Å². The molecule has 2 fully saturated rings. The van der Waals surface area contributed by atoms with Gasteiger partial charge in [0.2, 0.25) is 0 Å². The third kappa shape index (κ3) is 4.35. The number of fused-ring (bicyclic) bond motifs is 2. The third-order valence-corrected chi connectivity index (χ3v) is 7.81. The Morgan fingerprint density at radius 1 is 0.811 bits per heavy atom. The van der Waals surface area contributed by atoms with Crippen molar-refractivity contribution in [2.24, 2.45) is 0 Å². The normalized spacial score (nSPS) is 17.1. The zero-order chi connectivity index (χ0) is 24.6. The number of nitrogens with zero attached hydrogens (tertiary/aromatic N) is 6. The van der Waals surface area contributed by atoms with E-state index >= 15 is 0 Å². The van der Waals surface area contributed by atoms with Crippen molar-refractivity contribution < 1.29 is 0 Å². The number of anilines is 1. The van der Waals surface area contributed by atoms with E-state index in [1.165, 1.54) is 57.2 Å². The molecule has 0 bridgehead atoms. The van der Waals surface area contributed by atoms with E-state index in [1.807, 2.05) is 24.7 Å². The van der Waals surface area contributed by atoms with Gasteiger partial charge in [-0.05, 0) is 80.6 Å². The van der Waals surface area contributed by atoms with E-state index in [0.29, 0.717) is 0 Å². The molecule has 8 heteroatoms. The van der Waals surface area contributed by atoms with Crippen LogP contribution in [0, 0.1) is 0 Å². The van der Waals surface area contributed by atoms with Gasteiger partial charge in [-0.25, -0.2) is 9.97 Å². The number of imidazole rings is 1. The molecule has 2 saturated heterocycles. The molecule has 0 amide bonds. The molecule has 1 aromatic carbocycles. The first kappa shape index (κ1) is 22.4. The van der Waals surface area contributed by atoms with Crippen LogP contribution < -0.4 is 4.90 Å². The lowest BCUT2D eigenvalue weighted by molar-refractivity contribution is 0.220. The molecule has 0 saturated carbocycles. The first-order chi connectivity index (χ1) is 18.3. The van der Waals surface area contributed by atoms with E-state index in [9.17, 15) is 0 Å². The lowest BCUT2D eigenvalue weighted by atomic mass is 10.0. The average Bonchev–Trinajstić information content (AvgIpc) is 3.58. The van der Waals surface area contributed by atoms with Gasteiger partial charge in [-0.3, -0.25) is 15.0 Å². The fourth-order valence-corrected chi connectivity index (χ4v) is 5.85. The van der Waals surface area contributed by atoms with Crippen LogP contribution in [0.3, 0.4) is 0 Å². The molecule has 37 heavy (non-hydrogen) atoms. The standard InChI is InChI=1S/C29H32N8/c1-3-11-36(12-4-1)19-20-15-22(18-30-17-20)21-7-8-24-23(16-21)26(35-34-24)28-32-25-9-10-31-29(27(25)33-28)37-13-5-2-6-14-37/h7-10,15-18H,1-6,11-14,19H2,(H,32,33)(H,34,35). The summed E-state index contributed by atoms with van der Waals surface area (Å²) >= 11 is 0. The van der Waals surface area contributed by atoms with E-state index in [0.717, 1.165) is 70.0 Å². The van der Waals surface area contributed by atoms with Gasteiger partial charge in [0.15, 0.2) is 11.6 Å². The van der Waals surface area contributed by atoms with Crippen molar-refractivity contribution in [2.45, 2.75) is 45.1 Å². The monoisotopic (exact) mass is 492 g/mol. The lowest BCUT2D eigenvalue weighted by Crippen LogP contribution is -2.30. The summed E-state index contributed by atoms with van der Waals surface area (Å²) in [4.78, 5) is 22.7. The lowest BCUT2D eigenvalue weighted by Gasteiger charge is -2.27. The van der Waals surface area contributed by atoms with Crippen LogP contribution in [0.25, 0.3) is 44.6 Å². The smallest absolute Gasteiger partial charge is 0.159 e. The molecule has 0 atom stereocenters. The predicted molar refractivity (Wildman–Crippen MR) is 147 cm³/mol. The molecule has 5 aromatic rings. The maximum atomic E-state index is 5.00. The number of hydrogen-bond acceptors (Lipinski definition) is 6. The Balaban J connectivity index is 1.23. The molecule has 2 N–H and O–H groups in total. The van der Waals surface area contributed by atoms with Crippen molar-refractivity contribution >= 4 is 27.8 Å². The van der Waals surface area contributed by atoms with Crippen LogP contribution in [0.1, 0.15) is 44.1 Å².